The quantitative estimate of drug-likeness (QED) is 0.913. The lowest BCUT2D eigenvalue weighted by Crippen LogP contribution is -2.37. The van der Waals surface area contributed by atoms with Gasteiger partial charge in [-0.3, -0.25) is 0 Å². The number of hydrogen-bond donors (Lipinski definition) is 1. The Bertz CT molecular complexity index is 497. The molecule has 0 aromatic carbocycles. The standard InChI is InChI=1S/C14H21F3N4/c1-2-9-5-6-18-11(7-9)13-20-19-12-4-3-10(8-21(12)13)14(15,16)17/h9-11,18H,2-8H2,1H3. The number of nitrogens with zero attached hydrogens (tertiary/aromatic N) is 3. The van der Waals surface area contributed by atoms with Crippen molar-refractivity contribution >= 4 is 0 Å². The molecule has 21 heavy (non-hydrogen) atoms. The molecule has 3 atom stereocenters. The molecule has 3 heterocycles. The molecule has 4 nitrogen and oxygen atoms in total. The molecular weight excluding hydrogens is 281 g/mol. The van der Waals surface area contributed by atoms with Gasteiger partial charge in [0.2, 0.25) is 0 Å². The predicted molar refractivity (Wildman–Crippen MR) is 71.6 cm³/mol. The van der Waals surface area contributed by atoms with Crippen LogP contribution in [0.4, 0.5) is 13.2 Å². The number of nitrogens with one attached hydrogen (secondary N) is 1. The van der Waals surface area contributed by atoms with E-state index in [0.29, 0.717) is 24.0 Å². The first-order valence-electron chi connectivity index (χ1n) is 7.71. The van der Waals surface area contributed by atoms with Crippen LogP contribution in [0.5, 0.6) is 0 Å². The second-order valence-corrected chi connectivity index (χ2v) is 6.17. The zero-order valence-electron chi connectivity index (χ0n) is 12.2. The average Bonchev–Trinajstić information content (AvgIpc) is 2.89. The maximum Gasteiger partial charge on any atom is 0.393 e. The maximum absolute atomic E-state index is 13.0. The highest BCUT2D eigenvalue weighted by Crippen LogP contribution is 2.36. The van der Waals surface area contributed by atoms with Crippen molar-refractivity contribution in [2.45, 2.75) is 57.8 Å². The SMILES string of the molecule is CCC1CCNC(c2nnc3n2CC(C(F)(F)F)CC3)C1. The van der Waals surface area contributed by atoms with Crippen molar-refractivity contribution in [2.75, 3.05) is 6.54 Å². The van der Waals surface area contributed by atoms with Crippen molar-refractivity contribution in [3.63, 3.8) is 0 Å². The van der Waals surface area contributed by atoms with Gasteiger partial charge in [-0.25, -0.2) is 0 Å². The smallest absolute Gasteiger partial charge is 0.313 e. The second-order valence-electron chi connectivity index (χ2n) is 6.17. The molecule has 1 N–H and O–H groups in total. The van der Waals surface area contributed by atoms with Gasteiger partial charge in [-0.15, -0.1) is 10.2 Å². The molecule has 3 rings (SSSR count). The first-order chi connectivity index (χ1) is 9.99. The Morgan fingerprint density at radius 3 is 2.81 bits per heavy atom. The van der Waals surface area contributed by atoms with Crippen LogP contribution in [0.2, 0.25) is 0 Å². The van der Waals surface area contributed by atoms with Crippen molar-refractivity contribution in [3.05, 3.63) is 11.6 Å². The first kappa shape index (κ1) is 14.8. The van der Waals surface area contributed by atoms with E-state index in [4.69, 9.17) is 0 Å². The lowest BCUT2D eigenvalue weighted by molar-refractivity contribution is -0.182. The van der Waals surface area contributed by atoms with E-state index in [1.54, 1.807) is 4.57 Å². The van der Waals surface area contributed by atoms with Gasteiger partial charge in [-0.05, 0) is 31.7 Å². The number of alkyl halides is 3. The van der Waals surface area contributed by atoms with E-state index in [0.717, 1.165) is 25.8 Å². The Morgan fingerprint density at radius 1 is 1.29 bits per heavy atom. The molecule has 1 aromatic rings. The molecule has 3 unspecified atom stereocenters. The highest BCUT2D eigenvalue weighted by molar-refractivity contribution is 5.06. The molecule has 118 valence electrons. The topological polar surface area (TPSA) is 42.7 Å². The van der Waals surface area contributed by atoms with Crippen molar-refractivity contribution in [1.29, 1.82) is 0 Å². The van der Waals surface area contributed by atoms with Crippen LogP contribution in [0.25, 0.3) is 0 Å². The van der Waals surface area contributed by atoms with Gasteiger partial charge >= 0.3 is 6.18 Å². The summed E-state index contributed by atoms with van der Waals surface area (Å²) < 4.78 is 40.6. The summed E-state index contributed by atoms with van der Waals surface area (Å²) in [6, 6.07) is 0.0388. The molecular formula is C14H21F3N4. The minimum atomic E-state index is -4.13. The van der Waals surface area contributed by atoms with Gasteiger partial charge in [0.05, 0.1) is 12.0 Å². The molecule has 0 amide bonds. The van der Waals surface area contributed by atoms with Crippen LogP contribution >= 0.6 is 0 Å². The fourth-order valence-electron chi connectivity index (χ4n) is 3.44. The van der Waals surface area contributed by atoms with Crippen molar-refractivity contribution in [3.8, 4) is 0 Å². The van der Waals surface area contributed by atoms with Gasteiger partial charge in [-0.1, -0.05) is 13.3 Å². The van der Waals surface area contributed by atoms with E-state index >= 15 is 0 Å². The number of fused-ring (bicyclic) bond motifs is 1. The third-order valence-corrected chi connectivity index (χ3v) is 4.84. The van der Waals surface area contributed by atoms with Gasteiger partial charge in [-0.2, -0.15) is 13.2 Å². The van der Waals surface area contributed by atoms with E-state index in [1.807, 2.05) is 0 Å². The van der Waals surface area contributed by atoms with Crippen LogP contribution in [-0.2, 0) is 13.0 Å². The summed E-state index contributed by atoms with van der Waals surface area (Å²) in [7, 11) is 0. The third kappa shape index (κ3) is 2.93. The monoisotopic (exact) mass is 302 g/mol. The summed E-state index contributed by atoms with van der Waals surface area (Å²) in [6.45, 7) is 3.02. The van der Waals surface area contributed by atoms with Gasteiger partial charge in [0.15, 0.2) is 0 Å². The number of aryl methyl sites for hydroxylation is 1. The molecule has 0 aliphatic carbocycles. The zero-order chi connectivity index (χ0) is 15.0. The molecule has 1 saturated heterocycles. The summed E-state index contributed by atoms with van der Waals surface area (Å²) >= 11 is 0. The highest BCUT2D eigenvalue weighted by atomic mass is 19.4. The first-order valence-corrected chi connectivity index (χ1v) is 7.71. The van der Waals surface area contributed by atoms with Gasteiger partial charge in [0, 0.05) is 13.0 Å². The van der Waals surface area contributed by atoms with Crippen LogP contribution in [0.3, 0.4) is 0 Å². The van der Waals surface area contributed by atoms with E-state index in [-0.39, 0.29) is 19.0 Å². The lowest BCUT2D eigenvalue weighted by Gasteiger charge is -2.31. The van der Waals surface area contributed by atoms with E-state index in [2.05, 4.69) is 22.4 Å². The Morgan fingerprint density at radius 2 is 2.10 bits per heavy atom. The lowest BCUT2D eigenvalue weighted by atomic mass is 9.89. The normalized spacial score (nSPS) is 30.2. The van der Waals surface area contributed by atoms with Crippen LogP contribution in [-0.4, -0.2) is 27.5 Å². The molecule has 1 fully saturated rings. The Balaban J connectivity index is 1.81. The van der Waals surface area contributed by atoms with Crippen molar-refractivity contribution in [1.82, 2.24) is 20.1 Å². The Hall–Kier alpha value is -1.11. The van der Waals surface area contributed by atoms with E-state index in [9.17, 15) is 13.2 Å². The predicted octanol–water partition coefficient (Wildman–Crippen LogP) is 2.85. The Labute approximate surface area is 122 Å². The fourth-order valence-corrected chi connectivity index (χ4v) is 3.44. The maximum atomic E-state index is 13.0. The van der Waals surface area contributed by atoms with Crippen LogP contribution in [0.1, 0.15) is 50.3 Å². The molecule has 0 radical (unpaired) electrons. The van der Waals surface area contributed by atoms with Crippen LogP contribution in [0.15, 0.2) is 0 Å². The molecule has 0 bridgehead atoms. The molecule has 1 aromatic heterocycles. The molecule has 0 spiro atoms. The van der Waals surface area contributed by atoms with E-state index < -0.39 is 12.1 Å². The third-order valence-electron chi connectivity index (χ3n) is 4.84. The van der Waals surface area contributed by atoms with Gasteiger partial charge < -0.3 is 9.88 Å². The highest BCUT2D eigenvalue weighted by Gasteiger charge is 2.43. The second kappa shape index (κ2) is 5.59. The molecule has 0 saturated carbocycles. The van der Waals surface area contributed by atoms with Crippen LogP contribution < -0.4 is 5.32 Å². The Kier molecular flexibility index (Phi) is 3.94. The number of hydrogen-bond acceptors (Lipinski definition) is 3. The summed E-state index contributed by atoms with van der Waals surface area (Å²) in [4.78, 5) is 0. The molecule has 2 aliphatic rings. The largest absolute Gasteiger partial charge is 0.393 e. The number of halogens is 3. The number of piperidine rings is 1. The van der Waals surface area contributed by atoms with Crippen molar-refractivity contribution in [2.24, 2.45) is 11.8 Å². The summed E-state index contributed by atoms with van der Waals surface area (Å²) in [6.07, 6.45) is -0.488. The average molecular weight is 302 g/mol. The minimum absolute atomic E-state index is 0.0316. The van der Waals surface area contributed by atoms with Crippen LogP contribution in [0, 0.1) is 11.8 Å². The number of aromatic nitrogens is 3. The molecule has 7 heteroatoms. The van der Waals surface area contributed by atoms with Gasteiger partial charge in [0.1, 0.15) is 11.6 Å². The number of rotatable bonds is 2. The zero-order valence-corrected chi connectivity index (χ0v) is 12.2. The van der Waals surface area contributed by atoms with E-state index in [1.165, 1.54) is 0 Å². The minimum Gasteiger partial charge on any atom is -0.313 e. The summed E-state index contributed by atoms with van der Waals surface area (Å²) in [5.74, 6) is 0.736. The summed E-state index contributed by atoms with van der Waals surface area (Å²) in [5, 5.41) is 11.7. The fraction of sp³-hybridized carbons (Fsp3) is 0.857. The summed E-state index contributed by atoms with van der Waals surface area (Å²) in [5.41, 5.74) is 0. The van der Waals surface area contributed by atoms with Gasteiger partial charge in [0.25, 0.3) is 0 Å². The molecule has 2 aliphatic heterocycles. The van der Waals surface area contributed by atoms with Crippen molar-refractivity contribution < 1.29 is 13.2 Å².